The van der Waals surface area contributed by atoms with Gasteiger partial charge in [-0.1, -0.05) is 26.2 Å². The Kier molecular flexibility index (Phi) is 4.18. The van der Waals surface area contributed by atoms with Crippen LogP contribution in [0.15, 0.2) is 12.4 Å². The maximum atomic E-state index is 11.9. The number of rotatable bonds is 4. The van der Waals surface area contributed by atoms with Gasteiger partial charge in [0.05, 0.1) is 11.8 Å². The number of carbonyl (C=O) groups excluding carboxylic acids is 1. The summed E-state index contributed by atoms with van der Waals surface area (Å²) in [6, 6.07) is 0.317. The fraction of sp³-hybridized carbons (Fsp3) is 0.692. The Morgan fingerprint density at radius 2 is 2.29 bits per heavy atom. The summed E-state index contributed by atoms with van der Waals surface area (Å²) in [5, 5.41) is 9.61. The first-order chi connectivity index (χ1) is 8.31. The van der Waals surface area contributed by atoms with Crippen LogP contribution in [0.4, 0.5) is 0 Å². The van der Waals surface area contributed by atoms with Crippen molar-refractivity contribution in [2.24, 2.45) is 5.92 Å². The van der Waals surface area contributed by atoms with Gasteiger partial charge in [-0.2, -0.15) is 5.10 Å². The van der Waals surface area contributed by atoms with E-state index < -0.39 is 0 Å². The van der Waals surface area contributed by atoms with Gasteiger partial charge in [-0.15, -0.1) is 0 Å². The lowest BCUT2D eigenvalue weighted by molar-refractivity contribution is 0.0911. The summed E-state index contributed by atoms with van der Waals surface area (Å²) in [7, 11) is 0. The van der Waals surface area contributed by atoms with Crippen molar-refractivity contribution >= 4 is 5.91 Å². The zero-order chi connectivity index (χ0) is 12.1. The van der Waals surface area contributed by atoms with E-state index in [1.807, 2.05) is 0 Å². The fourth-order valence-electron chi connectivity index (χ4n) is 2.72. The molecule has 4 heteroatoms. The summed E-state index contributed by atoms with van der Waals surface area (Å²) in [5.41, 5.74) is 0.624. The van der Waals surface area contributed by atoms with E-state index in [0.29, 0.717) is 17.5 Å². The molecule has 0 radical (unpaired) electrons. The normalized spacial score (nSPS) is 18.9. The van der Waals surface area contributed by atoms with Crippen molar-refractivity contribution in [3.63, 3.8) is 0 Å². The van der Waals surface area contributed by atoms with Gasteiger partial charge in [-0.3, -0.25) is 9.89 Å². The predicted octanol–water partition coefficient (Wildman–Crippen LogP) is 2.50. The molecule has 4 nitrogen and oxygen atoms in total. The van der Waals surface area contributed by atoms with E-state index in [1.54, 1.807) is 12.4 Å². The number of nitrogens with one attached hydrogen (secondary N) is 2. The molecule has 1 amide bonds. The molecule has 1 saturated carbocycles. The van der Waals surface area contributed by atoms with E-state index in [4.69, 9.17) is 0 Å². The van der Waals surface area contributed by atoms with Gasteiger partial charge < -0.3 is 5.32 Å². The highest BCUT2D eigenvalue weighted by Crippen LogP contribution is 2.27. The maximum absolute atomic E-state index is 11.9. The molecule has 17 heavy (non-hydrogen) atoms. The second kappa shape index (κ2) is 5.84. The van der Waals surface area contributed by atoms with Crippen molar-refractivity contribution in [1.29, 1.82) is 0 Å². The first-order valence-corrected chi connectivity index (χ1v) is 6.61. The van der Waals surface area contributed by atoms with Crippen molar-refractivity contribution < 1.29 is 4.79 Å². The summed E-state index contributed by atoms with van der Waals surface area (Å²) in [6.07, 6.45) is 10.7. The predicted molar refractivity (Wildman–Crippen MR) is 66.7 cm³/mol. The minimum Gasteiger partial charge on any atom is -0.349 e. The second-order valence-corrected chi connectivity index (χ2v) is 4.87. The van der Waals surface area contributed by atoms with Gasteiger partial charge in [0.1, 0.15) is 0 Å². The Morgan fingerprint density at radius 1 is 1.53 bits per heavy atom. The zero-order valence-corrected chi connectivity index (χ0v) is 10.4. The van der Waals surface area contributed by atoms with Crippen LogP contribution in [0.5, 0.6) is 0 Å². The van der Waals surface area contributed by atoms with Gasteiger partial charge in [-0.25, -0.2) is 0 Å². The summed E-state index contributed by atoms with van der Waals surface area (Å²) in [5.74, 6) is 0.653. The van der Waals surface area contributed by atoms with Crippen LogP contribution < -0.4 is 5.32 Å². The molecule has 1 aliphatic rings. The molecule has 1 atom stereocenters. The molecule has 1 aromatic rings. The van der Waals surface area contributed by atoms with Crippen LogP contribution in [0.25, 0.3) is 0 Å². The molecule has 0 saturated heterocycles. The van der Waals surface area contributed by atoms with Gasteiger partial charge in [0.2, 0.25) is 0 Å². The molecular formula is C13H21N3O. The lowest BCUT2D eigenvalue weighted by Gasteiger charge is -2.30. The molecule has 2 rings (SSSR count). The number of hydrogen-bond acceptors (Lipinski definition) is 2. The van der Waals surface area contributed by atoms with Crippen LogP contribution in [-0.2, 0) is 0 Å². The molecule has 1 aliphatic carbocycles. The van der Waals surface area contributed by atoms with Gasteiger partial charge in [0.15, 0.2) is 0 Å². The van der Waals surface area contributed by atoms with E-state index in [9.17, 15) is 4.79 Å². The van der Waals surface area contributed by atoms with Crippen LogP contribution in [0, 0.1) is 5.92 Å². The first-order valence-electron chi connectivity index (χ1n) is 6.61. The van der Waals surface area contributed by atoms with Crippen LogP contribution in [0.3, 0.4) is 0 Å². The third-order valence-corrected chi connectivity index (χ3v) is 3.74. The topological polar surface area (TPSA) is 57.8 Å². The molecule has 0 aromatic carbocycles. The SMILES string of the molecule is CCC(NC(=O)c1cn[nH]c1)C1CCCCC1. The number of H-pyrrole nitrogens is 1. The second-order valence-electron chi connectivity index (χ2n) is 4.87. The maximum Gasteiger partial charge on any atom is 0.254 e. The first kappa shape index (κ1) is 12.1. The Balaban J connectivity index is 1.92. The number of hydrogen-bond donors (Lipinski definition) is 2. The molecule has 1 heterocycles. The lowest BCUT2D eigenvalue weighted by atomic mass is 9.83. The van der Waals surface area contributed by atoms with Crippen LogP contribution in [0.1, 0.15) is 55.8 Å². The average Bonchev–Trinajstić information content (AvgIpc) is 2.90. The average molecular weight is 235 g/mol. The van der Waals surface area contributed by atoms with Gasteiger partial charge in [0, 0.05) is 12.2 Å². The van der Waals surface area contributed by atoms with Crippen LogP contribution in [0.2, 0.25) is 0 Å². The van der Waals surface area contributed by atoms with Crippen LogP contribution >= 0.6 is 0 Å². The van der Waals surface area contributed by atoms with Crippen LogP contribution in [-0.4, -0.2) is 22.1 Å². The fourth-order valence-corrected chi connectivity index (χ4v) is 2.72. The lowest BCUT2D eigenvalue weighted by Crippen LogP contribution is -2.40. The molecule has 94 valence electrons. The molecule has 0 bridgehead atoms. The Labute approximate surface area is 102 Å². The summed E-state index contributed by atoms with van der Waals surface area (Å²) < 4.78 is 0. The van der Waals surface area contributed by atoms with Gasteiger partial charge in [0.25, 0.3) is 5.91 Å². The van der Waals surface area contributed by atoms with Crippen molar-refractivity contribution in [3.8, 4) is 0 Å². The Hall–Kier alpha value is -1.32. The molecule has 2 N–H and O–H groups in total. The number of nitrogens with zero attached hydrogens (tertiary/aromatic N) is 1. The molecule has 0 aliphatic heterocycles. The third kappa shape index (κ3) is 3.08. The van der Waals surface area contributed by atoms with Gasteiger partial charge >= 0.3 is 0 Å². The highest BCUT2D eigenvalue weighted by atomic mass is 16.1. The zero-order valence-electron chi connectivity index (χ0n) is 10.4. The summed E-state index contributed by atoms with van der Waals surface area (Å²) >= 11 is 0. The minimum atomic E-state index is -0.00354. The molecule has 0 spiro atoms. The third-order valence-electron chi connectivity index (χ3n) is 3.74. The standard InChI is InChI=1S/C13H21N3O/c1-2-12(10-6-4-3-5-7-10)16-13(17)11-8-14-15-9-11/h8-10,12H,2-7H2,1H3,(H,14,15)(H,16,17). The highest BCUT2D eigenvalue weighted by Gasteiger charge is 2.24. The number of carbonyl (C=O) groups is 1. The van der Waals surface area contributed by atoms with Crippen molar-refractivity contribution in [1.82, 2.24) is 15.5 Å². The largest absolute Gasteiger partial charge is 0.349 e. The van der Waals surface area contributed by atoms with E-state index in [-0.39, 0.29) is 5.91 Å². The Bertz CT molecular complexity index is 342. The number of amides is 1. The van der Waals surface area contributed by atoms with Crippen molar-refractivity contribution in [3.05, 3.63) is 18.0 Å². The van der Waals surface area contributed by atoms with Gasteiger partial charge in [-0.05, 0) is 25.2 Å². The molecule has 1 aromatic heterocycles. The molecule has 1 fully saturated rings. The van der Waals surface area contributed by atoms with E-state index >= 15 is 0 Å². The highest BCUT2D eigenvalue weighted by molar-refractivity contribution is 5.93. The van der Waals surface area contributed by atoms with E-state index in [0.717, 1.165) is 6.42 Å². The summed E-state index contributed by atoms with van der Waals surface area (Å²) in [6.45, 7) is 2.15. The monoisotopic (exact) mass is 235 g/mol. The quantitative estimate of drug-likeness (QED) is 0.842. The Morgan fingerprint density at radius 3 is 2.88 bits per heavy atom. The smallest absolute Gasteiger partial charge is 0.254 e. The van der Waals surface area contributed by atoms with Crippen molar-refractivity contribution in [2.75, 3.05) is 0 Å². The minimum absolute atomic E-state index is 0.00354. The molecular weight excluding hydrogens is 214 g/mol. The number of aromatic amines is 1. The van der Waals surface area contributed by atoms with Crippen molar-refractivity contribution in [2.45, 2.75) is 51.5 Å². The number of aromatic nitrogens is 2. The van der Waals surface area contributed by atoms with E-state index in [1.165, 1.54) is 32.1 Å². The van der Waals surface area contributed by atoms with E-state index in [2.05, 4.69) is 22.4 Å². The molecule has 1 unspecified atom stereocenters. The summed E-state index contributed by atoms with van der Waals surface area (Å²) in [4.78, 5) is 11.9.